The van der Waals surface area contributed by atoms with Gasteiger partial charge >= 0.3 is 0 Å². The minimum atomic E-state index is 0.503. The molecule has 0 spiro atoms. The number of nitrogens with one attached hydrogen (secondary N) is 1. The largest absolute Gasteiger partial charge is 0.384 e. The lowest BCUT2D eigenvalue weighted by molar-refractivity contribution is 0.185. The summed E-state index contributed by atoms with van der Waals surface area (Å²) in [5.74, 6) is 1.24. The Bertz CT molecular complexity index is 500. The highest BCUT2D eigenvalue weighted by Gasteiger charge is 1.98. The van der Waals surface area contributed by atoms with Crippen molar-refractivity contribution in [2.24, 2.45) is 0 Å². The van der Waals surface area contributed by atoms with Crippen molar-refractivity contribution < 1.29 is 4.74 Å². The quantitative estimate of drug-likeness (QED) is 0.845. The molecule has 2 aromatic rings. The van der Waals surface area contributed by atoms with Gasteiger partial charge in [-0.05, 0) is 29.8 Å². The van der Waals surface area contributed by atoms with Gasteiger partial charge in [0.15, 0.2) is 0 Å². The number of benzene rings is 1. The Morgan fingerprint density at radius 3 is 2.82 bits per heavy atom. The second-order valence-electron chi connectivity index (χ2n) is 3.71. The van der Waals surface area contributed by atoms with Crippen molar-refractivity contribution in [3.8, 4) is 0 Å². The molecule has 1 aromatic heterocycles. The third kappa shape index (κ3) is 3.19. The van der Waals surface area contributed by atoms with E-state index in [-0.39, 0.29) is 0 Å². The van der Waals surface area contributed by atoms with E-state index in [1.54, 1.807) is 13.2 Å². The maximum Gasteiger partial charge on any atom is 0.132 e. The Labute approximate surface area is 100 Å². The summed E-state index contributed by atoms with van der Waals surface area (Å²) in [5.41, 5.74) is 7.70. The summed E-state index contributed by atoms with van der Waals surface area (Å²) in [6.07, 6.45) is 0. The minimum absolute atomic E-state index is 0.503. The molecule has 0 saturated heterocycles. The van der Waals surface area contributed by atoms with Crippen molar-refractivity contribution in [2.75, 3.05) is 18.2 Å². The standard InChI is InChI=1S/C13H15N3O/c1-17-9-10-4-2-5-11(8-10)15-13-7-3-6-12(14)16-13/h2-8H,9H2,1H3,(H3,14,15,16). The molecular weight excluding hydrogens is 214 g/mol. The van der Waals surface area contributed by atoms with Crippen LogP contribution in [-0.2, 0) is 11.3 Å². The van der Waals surface area contributed by atoms with Gasteiger partial charge in [0.2, 0.25) is 0 Å². The molecule has 0 aliphatic carbocycles. The van der Waals surface area contributed by atoms with Gasteiger partial charge in [0.1, 0.15) is 11.6 Å². The molecule has 0 saturated carbocycles. The maximum atomic E-state index is 5.62. The summed E-state index contributed by atoms with van der Waals surface area (Å²) in [5, 5.41) is 3.20. The molecule has 1 aromatic carbocycles. The summed E-state index contributed by atoms with van der Waals surface area (Å²) in [6.45, 7) is 0.597. The van der Waals surface area contributed by atoms with E-state index >= 15 is 0 Å². The van der Waals surface area contributed by atoms with Crippen LogP contribution in [0.4, 0.5) is 17.3 Å². The number of pyridine rings is 1. The van der Waals surface area contributed by atoms with E-state index in [1.807, 2.05) is 36.4 Å². The van der Waals surface area contributed by atoms with Gasteiger partial charge in [-0.2, -0.15) is 0 Å². The predicted octanol–water partition coefficient (Wildman–Crippen LogP) is 2.55. The molecule has 1 heterocycles. The summed E-state index contributed by atoms with van der Waals surface area (Å²) in [4.78, 5) is 4.18. The molecule has 0 unspecified atom stereocenters. The molecule has 4 heteroatoms. The van der Waals surface area contributed by atoms with Gasteiger partial charge in [0.05, 0.1) is 6.61 Å². The van der Waals surface area contributed by atoms with Crippen LogP contribution in [0.1, 0.15) is 5.56 Å². The molecule has 0 amide bonds. The highest BCUT2D eigenvalue weighted by molar-refractivity contribution is 5.58. The van der Waals surface area contributed by atoms with E-state index in [1.165, 1.54) is 0 Å². The van der Waals surface area contributed by atoms with E-state index in [0.29, 0.717) is 12.4 Å². The highest BCUT2D eigenvalue weighted by Crippen LogP contribution is 2.17. The van der Waals surface area contributed by atoms with Crippen LogP contribution >= 0.6 is 0 Å². The van der Waals surface area contributed by atoms with Gasteiger partial charge in [-0.15, -0.1) is 0 Å². The number of methoxy groups -OCH3 is 1. The average molecular weight is 229 g/mol. The summed E-state index contributed by atoms with van der Waals surface area (Å²) in [6, 6.07) is 13.5. The fourth-order valence-electron chi connectivity index (χ4n) is 1.57. The number of hydrogen-bond donors (Lipinski definition) is 2. The molecule has 0 fully saturated rings. The molecule has 0 bridgehead atoms. The van der Waals surface area contributed by atoms with Crippen LogP contribution in [0.3, 0.4) is 0 Å². The lowest BCUT2D eigenvalue weighted by atomic mass is 10.2. The first-order chi connectivity index (χ1) is 8.28. The van der Waals surface area contributed by atoms with E-state index in [9.17, 15) is 0 Å². The topological polar surface area (TPSA) is 60.2 Å². The Hall–Kier alpha value is -2.07. The van der Waals surface area contributed by atoms with Gasteiger partial charge < -0.3 is 15.8 Å². The van der Waals surface area contributed by atoms with Gasteiger partial charge in [-0.1, -0.05) is 18.2 Å². The number of ether oxygens (including phenoxy) is 1. The Morgan fingerprint density at radius 1 is 1.24 bits per heavy atom. The molecule has 0 radical (unpaired) electrons. The van der Waals surface area contributed by atoms with Crippen LogP contribution in [0.5, 0.6) is 0 Å². The number of nitrogen functional groups attached to an aromatic ring is 1. The number of nitrogens with two attached hydrogens (primary N) is 1. The van der Waals surface area contributed by atoms with Gasteiger partial charge in [-0.3, -0.25) is 0 Å². The molecule has 0 atom stereocenters. The van der Waals surface area contributed by atoms with Crippen LogP contribution in [0.25, 0.3) is 0 Å². The smallest absolute Gasteiger partial charge is 0.132 e. The van der Waals surface area contributed by atoms with Crippen LogP contribution in [0, 0.1) is 0 Å². The lowest BCUT2D eigenvalue weighted by Crippen LogP contribution is -1.97. The molecule has 0 aliphatic heterocycles. The molecule has 3 N–H and O–H groups in total. The third-order valence-electron chi connectivity index (χ3n) is 2.28. The number of anilines is 3. The van der Waals surface area contributed by atoms with Gasteiger partial charge in [0.25, 0.3) is 0 Å². The molecule has 17 heavy (non-hydrogen) atoms. The number of rotatable bonds is 4. The Kier molecular flexibility index (Phi) is 3.57. The van der Waals surface area contributed by atoms with E-state index in [0.717, 1.165) is 17.1 Å². The Balaban J connectivity index is 2.15. The average Bonchev–Trinajstić information content (AvgIpc) is 2.30. The lowest BCUT2D eigenvalue weighted by Gasteiger charge is -2.07. The molecular formula is C13H15N3O. The van der Waals surface area contributed by atoms with E-state index < -0.39 is 0 Å². The minimum Gasteiger partial charge on any atom is -0.384 e. The fraction of sp³-hybridized carbons (Fsp3) is 0.154. The molecule has 2 rings (SSSR count). The first-order valence-electron chi connectivity index (χ1n) is 5.35. The number of aromatic nitrogens is 1. The zero-order valence-corrected chi connectivity index (χ0v) is 9.68. The summed E-state index contributed by atoms with van der Waals surface area (Å²) >= 11 is 0. The third-order valence-corrected chi connectivity index (χ3v) is 2.28. The van der Waals surface area contributed by atoms with Crippen LogP contribution < -0.4 is 11.1 Å². The summed E-state index contributed by atoms with van der Waals surface area (Å²) < 4.78 is 5.09. The van der Waals surface area contributed by atoms with Crippen molar-refractivity contribution in [1.29, 1.82) is 0 Å². The highest BCUT2D eigenvalue weighted by atomic mass is 16.5. The van der Waals surface area contributed by atoms with Crippen molar-refractivity contribution in [1.82, 2.24) is 4.98 Å². The van der Waals surface area contributed by atoms with Crippen LogP contribution in [0.2, 0.25) is 0 Å². The molecule has 4 nitrogen and oxygen atoms in total. The Morgan fingerprint density at radius 2 is 2.06 bits per heavy atom. The zero-order chi connectivity index (χ0) is 12.1. The normalized spacial score (nSPS) is 10.2. The second kappa shape index (κ2) is 5.32. The second-order valence-corrected chi connectivity index (χ2v) is 3.71. The van der Waals surface area contributed by atoms with Crippen molar-refractivity contribution in [3.63, 3.8) is 0 Å². The first-order valence-corrected chi connectivity index (χ1v) is 5.35. The summed E-state index contributed by atoms with van der Waals surface area (Å²) in [7, 11) is 1.68. The molecule has 88 valence electrons. The van der Waals surface area contributed by atoms with Gasteiger partial charge in [0, 0.05) is 12.8 Å². The monoisotopic (exact) mass is 229 g/mol. The van der Waals surface area contributed by atoms with E-state index in [2.05, 4.69) is 10.3 Å². The number of hydrogen-bond acceptors (Lipinski definition) is 4. The predicted molar refractivity (Wildman–Crippen MR) is 69.1 cm³/mol. The first kappa shape index (κ1) is 11.4. The van der Waals surface area contributed by atoms with Gasteiger partial charge in [-0.25, -0.2) is 4.98 Å². The van der Waals surface area contributed by atoms with Crippen LogP contribution in [0.15, 0.2) is 42.5 Å². The zero-order valence-electron chi connectivity index (χ0n) is 9.68. The van der Waals surface area contributed by atoms with Crippen LogP contribution in [-0.4, -0.2) is 12.1 Å². The SMILES string of the molecule is COCc1cccc(Nc2cccc(N)n2)c1. The van der Waals surface area contributed by atoms with Crippen molar-refractivity contribution >= 4 is 17.3 Å². The maximum absolute atomic E-state index is 5.62. The van der Waals surface area contributed by atoms with Crippen molar-refractivity contribution in [3.05, 3.63) is 48.0 Å². The van der Waals surface area contributed by atoms with E-state index in [4.69, 9.17) is 10.5 Å². The van der Waals surface area contributed by atoms with Crippen molar-refractivity contribution in [2.45, 2.75) is 6.61 Å². The number of nitrogens with zero attached hydrogens (tertiary/aromatic N) is 1. The fourth-order valence-corrected chi connectivity index (χ4v) is 1.57. The molecule has 0 aliphatic rings.